The fourth-order valence-electron chi connectivity index (χ4n) is 2.34. The van der Waals surface area contributed by atoms with E-state index in [1.54, 1.807) is 0 Å². The molecule has 1 aromatic rings. The van der Waals surface area contributed by atoms with E-state index in [0.29, 0.717) is 6.54 Å². The Bertz CT molecular complexity index is 547. The highest BCUT2D eigenvalue weighted by atomic mass is 19.1. The Labute approximate surface area is 127 Å². The molecule has 0 aromatic heterocycles. The van der Waals surface area contributed by atoms with E-state index in [1.807, 2.05) is 0 Å². The summed E-state index contributed by atoms with van der Waals surface area (Å²) < 4.78 is 13.7. The van der Waals surface area contributed by atoms with Crippen molar-refractivity contribution >= 4 is 11.6 Å². The molecule has 2 rings (SSSR count). The van der Waals surface area contributed by atoms with Gasteiger partial charge in [-0.3, -0.25) is 14.9 Å². The van der Waals surface area contributed by atoms with Crippen LogP contribution >= 0.6 is 0 Å². The average Bonchev–Trinajstić information content (AvgIpc) is 2.52. The number of rotatable bonds is 6. The third-order valence-corrected chi connectivity index (χ3v) is 3.55. The minimum atomic E-state index is -0.881. The molecule has 0 saturated carbocycles. The van der Waals surface area contributed by atoms with Gasteiger partial charge in [-0.1, -0.05) is 0 Å². The molecule has 1 saturated heterocycles. The Morgan fingerprint density at radius 2 is 2.14 bits per heavy atom. The lowest BCUT2D eigenvalue weighted by atomic mass is 10.2. The summed E-state index contributed by atoms with van der Waals surface area (Å²) >= 11 is 0. The maximum Gasteiger partial charge on any atom is 0.272 e. The highest BCUT2D eigenvalue weighted by Crippen LogP contribution is 2.16. The van der Waals surface area contributed by atoms with Gasteiger partial charge in [-0.05, 0) is 19.0 Å². The monoisotopic (exact) mass is 310 g/mol. The number of halogens is 1. The molecule has 1 amide bonds. The Morgan fingerprint density at radius 1 is 1.41 bits per heavy atom. The molecular formula is C14H19FN4O3. The van der Waals surface area contributed by atoms with E-state index in [9.17, 15) is 19.3 Å². The number of amides is 1. The molecule has 22 heavy (non-hydrogen) atoms. The van der Waals surface area contributed by atoms with E-state index in [4.69, 9.17) is 0 Å². The van der Waals surface area contributed by atoms with E-state index in [2.05, 4.69) is 15.5 Å². The summed E-state index contributed by atoms with van der Waals surface area (Å²) in [6.07, 6.45) is 0.778. The maximum atomic E-state index is 13.7. The highest BCUT2D eigenvalue weighted by molar-refractivity contribution is 5.94. The first-order valence-corrected chi connectivity index (χ1v) is 7.23. The van der Waals surface area contributed by atoms with Crippen molar-refractivity contribution < 1.29 is 14.1 Å². The third kappa shape index (κ3) is 4.47. The standard InChI is InChI=1S/C14H19FN4O3/c15-13-10-11(19(21)22)2-3-12(13)14(20)17-4-1-7-18-8-5-16-6-9-18/h2-3,10,16H,1,4-9H2,(H,17,20). The number of hydrogen-bond acceptors (Lipinski definition) is 5. The first-order chi connectivity index (χ1) is 10.6. The van der Waals surface area contributed by atoms with Crippen molar-refractivity contribution in [3.05, 3.63) is 39.7 Å². The second kappa shape index (κ2) is 7.81. The van der Waals surface area contributed by atoms with Crippen molar-refractivity contribution in [2.45, 2.75) is 6.42 Å². The quantitative estimate of drug-likeness (QED) is 0.460. The molecule has 2 N–H and O–H groups in total. The summed E-state index contributed by atoms with van der Waals surface area (Å²) in [4.78, 5) is 24.0. The van der Waals surface area contributed by atoms with Crippen LogP contribution in [0.2, 0.25) is 0 Å². The molecule has 7 nitrogen and oxygen atoms in total. The van der Waals surface area contributed by atoms with Crippen LogP contribution in [0, 0.1) is 15.9 Å². The van der Waals surface area contributed by atoms with Crippen LogP contribution in [-0.4, -0.2) is 55.0 Å². The molecule has 1 aliphatic rings. The first kappa shape index (κ1) is 16.3. The van der Waals surface area contributed by atoms with E-state index in [1.165, 1.54) is 0 Å². The summed E-state index contributed by atoms with van der Waals surface area (Å²) in [5, 5.41) is 16.4. The predicted octanol–water partition coefficient (Wildman–Crippen LogP) is 0.759. The van der Waals surface area contributed by atoms with Crippen molar-refractivity contribution in [3.8, 4) is 0 Å². The van der Waals surface area contributed by atoms with Gasteiger partial charge < -0.3 is 15.5 Å². The van der Waals surface area contributed by atoms with Crippen LogP contribution < -0.4 is 10.6 Å². The molecule has 0 radical (unpaired) electrons. The van der Waals surface area contributed by atoms with Crippen LogP contribution in [0.15, 0.2) is 18.2 Å². The lowest BCUT2D eigenvalue weighted by Gasteiger charge is -2.27. The zero-order chi connectivity index (χ0) is 15.9. The van der Waals surface area contributed by atoms with Crippen molar-refractivity contribution in [1.29, 1.82) is 0 Å². The second-order valence-corrected chi connectivity index (χ2v) is 5.12. The smallest absolute Gasteiger partial charge is 0.272 e. The highest BCUT2D eigenvalue weighted by Gasteiger charge is 2.16. The second-order valence-electron chi connectivity index (χ2n) is 5.12. The number of nitro groups is 1. The number of carbonyl (C=O) groups is 1. The van der Waals surface area contributed by atoms with Crippen LogP contribution in [0.4, 0.5) is 10.1 Å². The number of carbonyl (C=O) groups excluding carboxylic acids is 1. The number of nitrogens with one attached hydrogen (secondary N) is 2. The fraction of sp³-hybridized carbons (Fsp3) is 0.500. The lowest BCUT2D eigenvalue weighted by molar-refractivity contribution is -0.385. The van der Waals surface area contributed by atoms with Gasteiger partial charge in [0, 0.05) is 38.8 Å². The van der Waals surface area contributed by atoms with Crippen molar-refractivity contribution in [2.75, 3.05) is 39.3 Å². The Balaban J connectivity index is 1.78. The minimum absolute atomic E-state index is 0.173. The summed E-state index contributed by atoms with van der Waals surface area (Å²) in [7, 11) is 0. The summed E-state index contributed by atoms with van der Waals surface area (Å²) in [6, 6.07) is 3.02. The van der Waals surface area contributed by atoms with Crippen molar-refractivity contribution in [2.24, 2.45) is 0 Å². The average molecular weight is 310 g/mol. The number of benzene rings is 1. The van der Waals surface area contributed by atoms with Gasteiger partial charge in [0.15, 0.2) is 0 Å². The van der Waals surface area contributed by atoms with Crippen LogP contribution in [0.1, 0.15) is 16.8 Å². The van der Waals surface area contributed by atoms with E-state index < -0.39 is 16.6 Å². The van der Waals surface area contributed by atoms with Crippen LogP contribution in [0.3, 0.4) is 0 Å². The lowest BCUT2D eigenvalue weighted by Crippen LogP contribution is -2.44. The van der Waals surface area contributed by atoms with Gasteiger partial charge in [0.1, 0.15) is 5.82 Å². The molecule has 1 heterocycles. The minimum Gasteiger partial charge on any atom is -0.352 e. The Morgan fingerprint density at radius 3 is 2.77 bits per heavy atom. The van der Waals surface area contributed by atoms with Crippen LogP contribution in [-0.2, 0) is 0 Å². The topological polar surface area (TPSA) is 87.5 Å². The van der Waals surface area contributed by atoms with Crippen LogP contribution in [0.25, 0.3) is 0 Å². The normalized spacial score (nSPS) is 15.5. The van der Waals surface area contributed by atoms with Gasteiger partial charge >= 0.3 is 0 Å². The molecule has 1 aliphatic heterocycles. The third-order valence-electron chi connectivity index (χ3n) is 3.55. The predicted molar refractivity (Wildman–Crippen MR) is 79.3 cm³/mol. The molecule has 120 valence electrons. The molecule has 0 aliphatic carbocycles. The van der Waals surface area contributed by atoms with Gasteiger partial charge in [-0.2, -0.15) is 0 Å². The molecule has 1 aromatic carbocycles. The van der Waals surface area contributed by atoms with Gasteiger partial charge in [-0.15, -0.1) is 0 Å². The van der Waals surface area contributed by atoms with E-state index in [0.717, 1.165) is 57.3 Å². The van der Waals surface area contributed by atoms with Crippen LogP contribution in [0.5, 0.6) is 0 Å². The molecule has 0 bridgehead atoms. The van der Waals surface area contributed by atoms with E-state index >= 15 is 0 Å². The zero-order valence-electron chi connectivity index (χ0n) is 12.2. The number of nitro benzene ring substituents is 1. The molecule has 1 fully saturated rings. The van der Waals surface area contributed by atoms with Gasteiger partial charge in [0.2, 0.25) is 0 Å². The Hall–Kier alpha value is -2.06. The van der Waals surface area contributed by atoms with Gasteiger partial charge in [0.25, 0.3) is 11.6 Å². The number of non-ortho nitro benzene ring substituents is 1. The summed E-state index contributed by atoms with van der Waals surface area (Å²) in [5.41, 5.74) is -0.541. The molecule has 8 heteroatoms. The van der Waals surface area contributed by atoms with E-state index in [-0.39, 0.29) is 11.3 Å². The molecule has 0 spiro atoms. The van der Waals surface area contributed by atoms with Gasteiger partial charge in [0.05, 0.1) is 16.6 Å². The van der Waals surface area contributed by atoms with Crippen molar-refractivity contribution in [3.63, 3.8) is 0 Å². The first-order valence-electron chi connectivity index (χ1n) is 7.23. The largest absolute Gasteiger partial charge is 0.352 e. The molecular weight excluding hydrogens is 291 g/mol. The molecule has 0 atom stereocenters. The number of piperazine rings is 1. The Kier molecular flexibility index (Phi) is 5.79. The maximum absolute atomic E-state index is 13.7. The number of hydrogen-bond donors (Lipinski definition) is 2. The summed E-state index contributed by atoms with van der Waals surface area (Å²) in [5.74, 6) is -1.43. The number of nitrogens with zero attached hydrogens (tertiary/aromatic N) is 2. The SMILES string of the molecule is O=C(NCCCN1CCNCC1)c1ccc([N+](=O)[O-])cc1F. The van der Waals surface area contributed by atoms with Crippen molar-refractivity contribution in [1.82, 2.24) is 15.5 Å². The van der Waals surface area contributed by atoms with Gasteiger partial charge in [-0.25, -0.2) is 4.39 Å². The zero-order valence-corrected chi connectivity index (χ0v) is 12.2. The molecule has 0 unspecified atom stereocenters. The fourth-order valence-corrected chi connectivity index (χ4v) is 2.34. The summed E-state index contributed by atoms with van der Waals surface area (Å²) in [6.45, 7) is 5.25.